The predicted molar refractivity (Wildman–Crippen MR) is 80.5 cm³/mol. The Balaban J connectivity index is 2.65. The van der Waals surface area contributed by atoms with Crippen LogP contribution in [0.2, 0.25) is 0 Å². The molecular formula is C17H20FNO. The minimum absolute atomic E-state index is 0.145. The smallest absolute Gasteiger partial charge is 0.124 e. The third-order valence-corrected chi connectivity index (χ3v) is 3.48. The highest BCUT2D eigenvalue weighted by atomic mass is 19.1. The lowest BCUT2D eigenvalue weighted by Gasteiger charge is -2.16. The molecule has 1 unspecified atom stereocenters. The number of methoxy groups -OCH3 is 1. The summed E-state index contributed by atoms with van der Waals surface area (Å²) >= 11 is 0. The standard InChI is InChI=1S/C17H20FNO/c1-10-7-13(8-11(2)17(10)20-4)16-9-14(18)5-6-15(16)12(3)19/h5-9,12H,19H2,1-4H3. The highest BCUT2D eigenvalue weighted by Gasteiger charge is 2.13. The van der Waals surface area contributed by atoms with Gasteiger partial charge >= 0.3 is 0 Å². The summed E-state index contributed by atoms with van der Waals surface area (Å²) in [6.07, 6.45) is 0. The molecule has 2 rings (SSSR count). The number of ether oxygens (including phenoxy) is 1. The van der Waals surface area contributed by atoms with Gasteiger partial charge in [0.2, 0.25) is 0 Å². The summed E-state index contributed by atoms with van der Waals surface area (Å²) in [6, 6.07) is 8.61. The first-order valence-electron chi connectivity index (χ1n) is 6.64. The topological polar surface area (TPSA) is 35.2 Å². The van der Waals surface area contributed by atoms with Crippen molar-refractivity contribution in [1.82, 2.24) is 0 Å². The maximum Gasteiger partial charge on any atom is 0.124 e. The summed E-state index contributed by atoms with van der Waals surface area (Å²) < 4.78 is 18.9. The monoisotopic (exact) mass is 273 g/mol. The molecular weight excluding hydrogens is 253 g/mol. The van der Waals surface area contributed by atoms with E-state index in [1.165, 1.54) is 6.07 Å². The molecule has 0 saturated carbocycles. The number of hydrogen-bond acceptors (Lipinski definition) is 2. The van der Waals surface area contributed by atoms with Gasteiger partial charge in [0.1, 0.15) is 11.6 Å². The number of rotatable bonds is 3. The second kappa shape index (κ2) is 5.63. The Morgan fingerprint density at radius 2 is 1.70 bits per heavy atom. The zero-order valence-corrected chi connectivity index (χ0v) is 12.3. The Bertz CT molecular complexity index is 612. The normalized spacial score (nSPS) is 12.3. The molecule has 3 heteroatoms. The molecule has 0 aliphatic rings. The molecule has 106 valence electrons. The van der Waals surface area contributed by atoms with Crippen molar-refractivity contribution in [2.75, 3.05) is 7.11 Å². The minimum Gasteiger partial charge on any atom is -0.496 e. The number of halogens is 1. The van der Waals surface area contributed by atoms with E-state index >= 15 is 0 Å². The second-order valence-corrected chi connectivity index (χ2v) is 5.16. The molecule has 0 aliphatic heterocycles. The van der Waals surface area contributed by atoms with Crippen LogP contribution in [0.3, 0.4) is 0 Å². The number of benzene rings is 2. The lowest BCUT2D eigenvalue weighted by molar-refractivity contribution is 0.408. The quantitative estimate of drug-likeness (QED) is 0.912. The van der Waals surface area contributed by atoms with Gasteiger partial charge in [0.25, 0.3) is 0 Å². The lowest BCUT2D eigenvalue weighted by atomic mass is 9.93. The fraction of sp³-hybridized carbons (Fsp3) is 0.294. The van der Waals surface area contributed by atoms with E-state index in [-0.39, 0.29) is 11.9 Å². The van der Waals surface area contributed by atoms with Gasteiger partial charge in [-0.25, -0.2) is 4.39 Å². The van der Waals surface area contributed by atoms with Crippen LogP contribution in [-0.2, 0) is 0 Å². The van der Waals surface area contributed by atoms with Crippen molar-refractivity contribution in [3.05, 3.63) is 52.8 Å². The van der Waals surface area contributed by atoms with E-state index in [0.29, 0.717) is 0 Å². The third-order valence-electron chi connectivity index (χ3n) is 3.48. The molecule has 0 spiro atoms. The second-order valence-electron chi connectivity index (χ2n) is 5.16. The van der Waals surface area contributed by atoms with Crippen LogP contribution in [0, 0.1) is 19.7 Å². The van der Waals surface area contributed by atoms with E-state index in [0.717, 1.165) is 33.6 Å². The highest BCUT2D eigenvalue weighted by Crippen LogP contribution is 2.33. The van der Waals surface area contributed by atoms with Crippen LogP contribution in [0.4, 0.5) is 4.39 Å². The summed E-state index contributed by atoms with van der Waals surface area (Å²) in [4.78, 5) is 0. The lowest BCUT2D eigenvalue weighted by Crippen LogP contribution is -2.07. The fourth-order valence-electron chi connectivity index (χ4n) is 2.60. The Kier molecular flexibility index (Phi) is 4.09. The summed E-state index contributed by atoms with van der Waals surface area (Å²) in [5.74, 6) is 0.614. The molecule has 2 aromatic carbocycles. The summed E-state index contributed by atoms with van der Waals surface area (Å²) in [5, 5.41) is 0. The molecule has 1 atom stereocenters. The van der Waals surface area contributed by atoms with Crippen LogP contribution >= 0.6 is 0 Å². The van der Waals surface area contributed by atoms with Gasteiger partial charge in [-0.05, 0) is 72.9 Å². The Hall–Kier alpha value is -1.87. The molecule has 20 heavy (non-hydrogen) atoms. The maximum atomic E-state index is 13.6. The summed E-state index contributed by atoms with van der Waals surface area (Å²) in [7, 11) is 1.66. The first kappa shape index (κ1) is 14.5. The molecule has 0 amide bonds. The van der Waals surface area contributed by atoms with Crippen molar-refractivity contribution in [3.63, 3.8) is 0 Å². The average Bonchev–Trinajstić information content (AvgIpc) is 2.37. The van der Waals surface area contributed by atoms with Crippen LogP contribution < -0.4 is 10.5 Å². The van der Waals surface area contributed by atoms with E-state index in [1.807, 2.05) is 32.9 Å². The van der Waals surface area contributed by atoms with Gasteiger partial charge in [-0.3, -0.25) is 0 Å². The SMILES string of the molecule is COc1c(C)cc(-c2cc(F)ccc2C(C)N)cc1C. The first-order valence-corrected chi connectivity index (χ1v) is 6.64. The van der Waals surface area contributed by atoms with Crippen molar-refractivity contribution < 1.29 is 9.13 Å². The van der Waals surface area contributed by atoms with E-state index in [1.54, 1.807) is 19.2 Å². The van der Waals surface area contributed by atoms with Crippen molar-refractivity contribution in [1.29, 1.82) is 0 Å². The largest absolute Gasteiger partial charge is 0.496 e. The van der Waals surface area contributed by atoms with Crippen molar-refractivity contribution >= 4 is 0 Å². The average molecular weight is 273 g/mol. The predicted octanol–water partition coefficient (Wildman–Crippen LogP) is 4.14. The number of hydrogen-bond donors (Lipinski definition) is 1. The Morgan fingerprint density at radius 1 is 1.10 bits per heavy atom. The summed E-state index contributed by atoms with van der Waals surface area (Å²) in [5.41, 5.74) is 10.8. The zero-order chi connectivity index (χ0) is 14.9. The maximum absolute atomic E-state index is 13.6. The van der Waals surface area contributed by atoms with Crippen molar-refractivity contribution in [2.24, 2.45) is 5.73 Å². The number of aryl methyl sites for hydroxylation is 2. The molecule has 0 saturated heterocycles. The fourth-order valence-corrected chi connectivity index (χ4v) is 2.60. The number of nitrogens with two attached hydrogens (primary N) is 1. The van der Waals surface area contributed by atoms with Gasteiger partial charge in [-0.1, -0.05) is 6.07 Å². The van der Waals surface area contributed by atoms with Crippen LogP contribution in [0.1, 0.15) is 29.7 Å². The van der Waals surface area contributed by atoms with Crippen LogP contribution in [0.5, 0.6) is 5.75 Å². The van der Waals surface area contributed by atoms with Crippen molar-refractivity contribution in [3.8, 4) is 16.9 Å². The Morgan fingerprint density at radius 3 is 2.20 bits per heavy atom. The summed E-state index contributed by atoms with van der Waals surface area (Å²) in [6.45, 7) is 5.88. The highest BCUT2D eigenvalue weighted by molar-refractivity contribution is 5.71. The van der Waals surface area contributed by atoms with E-state index in [2.05, 4.69) is 0 Å². The molecule has 2 nitrogen and oxygen atoms in total. The Labute approximate surface area is 119 Å². The molecule has 2 aromatic rings. The van der Waals surface area contributed by atoms with Crippen LogP contribution in [0.25, 0.3) is 11.1 Å². The van der Waals surface area contributed by atoms with E-state index < -0.39 is 0 Å². The van der Waals surface area contributed by atoms with Gasteiger partial charge in [0.05, 0.1) is 7.11 Å². The first-order chi connectivity index (χ1) is 9.43. The van der Waals surface area contributed by atoms with Gasteiger partial charge < -0.3 is 10.5 Å². The van der Waals surface area contributed by atoms with E-state index in [4.69, 9.17) is 10.5 Å². The molecule has 0 bridgehead atoms. The molecule has 0 radical (unpaired) electrons. The zero-order valence-electron chi connectivity index (χ0n) is 12.3. The molecule has 0 heterocycles. The van der Waals surface area contributed by atoms with Gasteiger partial charge in [-0.15, -0.1) is 0 Å². The van der Waals surface area contributed by atoms with E-state index in [9.17, 15) is 4.39 Å². The minimum atomic E-state index is -0.254. The van der Waals surface area contributed by atoms with Crippen LogP contribution in [-0.4, -0.2) is 7.11 Å². The molecule has 0 aliphatic carbocycles. The molecule has 0 fully saturated rings. The molecule has 0 aromatic heterocycles. The third kappa shape index (κ3) is 2.68. The van der Waals surface area contributed by atoms with Gasteiger partial charge in [0.15, 0.2) is 0 Å². The van der Waals surface area contributed by atoms with Gasteiger partial charge in [0, 0.05) is 6.04 Å². The van der Waals surface area contributed by atoms with Gasteiger partial charge in [-0.2, -0.15) is 0 Å². The van der Waals surface area contributed by atoms with Crippen molar-refractivity contribution in [2.45, 2.75) is 26.8 Å². The van der Waals surface area contributed by atoms with Crippen LogP contribution in [0.15, 0.2) is 30.3 Å². The molecule has 2 N–H and O–H groups in total.